The summed E-state index contributed by atoms with van der Waals surface area (Å²) in [7, 11) is 0. The molecular formula is C14H14BrNO. The van der Waals surface area contributed by atoms with E-state index in [2.05, 4.69) is 40.8 Å². The van der Waals surface area contributed by atoms with Gasteiger partial charge in [-0.05, 0) is 36.6 Å². The quantitative estimate of drug-likeness (QED) is 0.783. The van der Waals surface area contributed by atoms with Crippen molar-refractivity contribution < 1.29 is 4.74 Å². The van der Waals surface area contributed by atoms with Gasteiger partial charge < -0.3 is 4.74 Å². The number of pyridine rings is 1. The minimum absolute atomic E-state index is 0.628. The summed E-state index contributed by atoms with van der Waals surface area (Å²) in [6, 6.07) is 9.91. The number of aromatic nitrogens is 1. The first kappa shape index (κ1) is 12.1. The molecule has 0 atom stereocenters. The molecule has 0 unspecified atom stereocenters. The van der Waals surface area contributed by atoms with Gasteiger partial charge in [-0.2, -0.15) is 0 Å². The second kappa shape index (κ2) is 5.32. The molecular weight excluding hydrogens is 278 g/mol. The van der Waals surface area contributed by atoms with Crippen molar-refractivity contribution in [3.8, 4) is 11.6 Å². The van der Waals surface area contributed by atoms with Crippen LogP contribution in [0.5, 0.6) is 11.6 Å². The minimum atomic E-state index is 0.628. The summed E-state index contributed by atoms with van der Waals surface area (Å²) in [6.07, 6.45) is 1.81. The van der Waals surface area contributed by atoms with E-state index in [-0.39, 0.29) is 0 Å². The van der Waals surface area contributed by atoms with Gasteiger partial charge in [0.1, 0.15) is 5.75 Å². The van der Waals surface area contributed by atoms with Crippen LogP contribution in [0.1, 0.15) is 16.7 Å². The number of ether oxygens (including phenoxy) is 1. The molecule has 0 aliphatic carbocycles. The average Bonchev–Trinajstić information content (AvgIpc) is 2.36. The second-order valence-electron chi connectivity index (χ2n) is 3.94. The Morgan fingerprint density at radius 3 is 2.65 bits per heavy atom. The van der Waals surface area contributed by atoms with Crippen molar-refractivity contribution >= 4 is 15.9 Å². The van der Waals surface area contributed by atoms with E-state index < -0.39 is 0 Å². The summed E-state index contributed by atoms with van der Waals surface area (Å²) in [4.78, 5) is 4.26. The minimum Gasteiger partial charge on any atom is -0.439 e. The van der Waals surface area contributed by atoms with E-state index in [1.165, 1.54) is 5.56 Å². The van der Waals surface area contributed by atoms with E-state index in [0.717, 1.165) is 22.2 Å². The Kier molecular flexibility index (Phi) is 3.79. The molecule has 0 aliphatic rings. The highest BCUT2D eigenvalue weighted by molar-refractivity contribution is 9.08. The molecule has 2 nitrogen and oxygen atoms in total. The smallest absolute Gasteiger partial charge is 0.219 e. The van der Waals surface area contributed by atoms with Gasteiger partial charge in [-0.3, -0.25) is 0 Å². The normalized spacial score (nSPS) is 10.3. The topological polar surface area (TPSA) is 22.1 Å². The van der Waals surface area contributed by atoms with Crippen LogP contribution in [0.25, 0.3) is 0 Å². The predicted octanol–water partition coefficient (Wildman–Crippen LogP) is 4.39. The maximum Gasteiger partial charge on any atom is 0.219 e. The lowest BCUT2D eigenvalue weighted by atomic mass is 10.1. The Morgan fingerprint density at radius 2 is 2.00 bits per heavy atom. The molecule has 0 saturated heterocycles. The first-order valence-electron chi connectivity index (χ1n) is 5.45. The highest BCUT2D eigenvalue weighted by Gasteiger charge is 2.04. The molecule has 0 aliphatic heterocycles. The van der Waals surface area contributed by atoms with E-state index in [0.29, 0.717) is 5.88 Å². The van der Waals surface area contributed by atoms with Crippen molar-refractivity contribution in [2.45, 2.75) is 19.2 Å². The zero-order valence-corrected chi connectivity index (χ0v) is 11.5. The number of aryl methyl sites for hydroxylation is 1. The van der Waals surface area contributed by atoms with Gasteiger partial charge in [0.2, 0.25) is 5.88 Å². The lowest BCUT2D eigenvalue weighted by Crippen LogP contribution is -1.92. The third-order valence-corrected chi connectivity index (χ3v) is 3.37. The van der Waals surface area contributed by atoms with Crippen LogP contribution in [-0.2, 0) is 5.33 Å². The summed E-state index contributed by atoms with van der Waals surface area (Å²) in [5.41, 5.74) is 3.51. The summed E-state index contributed by atoms with van der Waals surface area (Å²) in [5.74, 6) is 1.49. The molecule has 2 rings (SSSR count). The Morgan fingerprint density at radius 1 is 1.18 bits per heavy atom. The molecule has 3 heteroatoms. The van der Waals surface area contributed by atoms with Crippen molar-refractivity contribution in [2.75, 3.05) is 0 Å². The number of hydrogen-bond acceptors (Lipinski definition) is 2. The Balaban J connectivity index is 2.22. The average molecular weight is 292 g/mol. The second-order valence-corrected chi connectivity index (χ2v) is 4.50. The van der Waals surface area contributed by atoms with Gasteiger partial charge >= 0.3 is 0 Å². The van der Waals surface area contributed by atoms with Gasteiger partial charge in [-0.1, -0.05) is 34.1 Å². The fourth-order valence-corrected chi connectivity index (χ4v) is 1.83. The van der Waals surface area contributed by atoms with Crippen molar-refractivity contribution in [3.63, 3.8) is 0 Å². The number of halogens is 1. The molecule has 0 amide bonds. The number of nitrogens with zero attached hydrogens (tertiary/aromatic N) is 1. The Labute approximate surface area is 110 Å². The molecule has 2 aromatic rings. The molecule has 1 heterocycles. The number of rotatable bonds is 3. The Hall–Kier alpha value is -1.35. The lowest BCUT2D eigenvalue weighted by molar-refractivity contribution is 0.459. The van der Waals surface area contributed by atoms with Crippen molar-refractivity contribution in [3.05, 3.63) is 53.2 Å². The largest absolute Gasteiger partial charge is 0.439 e. The molecule has 17 heavy (non-hydrogen) atoms. The Bertz CT molecular complexity index is 508. The van der Waals surface area contributed by atoms with Gasteiger partial charge in [0.15, 0.2) is 0 Å². The monoisotopic (exact) mass is 291 g/mol. The van der Waals surface area contributed by atoms with E-state index in [4.69, 9.17) is 4.74 Å². The fourth-order valence-electron chi connectivity index (χ4n) is 1.50. The van der Waals surface area contributed by atoms with Crippen LogP contribution >= 0.6 is 15.9 Å². The van der Waals surface area contributed by atoms with Crippen LogP contribution < -0.4 is 4.74 Å². The highest BCUT2D eigenvalue weighted by atomic mass is 79.9. The van der Waals surface area contributed by atoms with Crippen LogP contribution in [-0.4, -0.2) is 4.98 Å². The molecule has 0 saturated carbocycles. The summed E-state index contributed by atoms with van der Waals surface area (Å²) in [6.45, 7) is 4.13. The third-order valence-electron chi connectivity index (χ3n) is 2.72. The number of alkyl halides is 1. The third kappa shape index (κ3) is 2.86. The molecule has 0 radical (unpaired) electrons. The molecule has 0 spiro atoms. The zero-order chi connectivity index (χ0) is 12.3. The molecule has 0 N–H and O–H groups in total. The van der Waals surface area contributed by atoms with E-state index in [1.54, 1.807) is 0 Å². The van der Waals surface area contributed by atoms with E-state index >= 15 is 0 Å². The maximum atomic E-state index is 5.76. The van der Waals surface area contributed by atoms with Crippen LogP contribution in [0, 0.1) is 13.8 Å². The van der Waals surface area contributed by atoms with Crippen LogP contribution in [0.4, 0.5) is 0 Å². The summed E-state index contributed by atoms with van der Waals surface area (Å²) >= 11 is 3.39. The number of hydrogen-bond donors (Lipinski definition) is 0. The van der Waals surface area contributed by atoms with Gasteiger partial charge in [0.05, 0.1) is 0 Å². The predicted molar refractivity (Wildman–Crippen MR) is 72.9 cm³/mol. The van der Waals surface area contributed by atoms with Crippen molar-refractivity contribution in [1.29, 1.82) is 0 Å². The molecule has 1 aromatic carbocycles. The van der Waals surface area contributed by atoms with Gasteiger partial charge in [0, 0.05) is 17.6 Å². The van der Waals surface area contributed by atoms with Crippen molar-refractivity contribution in [1.82, 2.24) is 4.98 Å². The lowest BCUT2D eigenvalue weighted by Gasteiger charge is -2.09. The van der Waals surface area contributed by atoms with Crippen LogP contribution in [0.2, 0.25) is 0 Å². The van der Waals surface area contributed by atoms with Gasteiger partial charge in [-0.25, -0.2) is 4.98 Å². The van der Waals surface area contributed by atoms with Gasteiger partial charge in [-0.15, -0.1) is 0 Å². The zero-order valence-electron chi connectivity index (χ0n) is 9.90. The van der Waals surface area contributed by atoms with Gasteiger partial charge in [0.25, 0.3) is 0 Å². The van der Waals surface area contributed by atoms with E-state index in [1.807, 2.05) is 30.5 Å². The number of benzene rings is 1. The molecule has 0 fully saturated rings. The van der Waals surface area contributed by atoms with Crippen LogP contribution in [0.15, 0.2) is 36.5 Å². The molecule has 88 valence electrons. The summed E-state index contributed by atoms with van der Waals surface area (Å²) in [5, 5.41) is 0.809. The summed E-state index contributed by atoms with van der Waals surface area (Å²) < 4.78 is 5.76. The SMILES string of the molecule is Cc1cccc(Oc2ccc(CBr)cn2)c1C. The standard InChI is InChI=1S/C14H14BrNO/c1-10-4-3-5-13(11(10)2)17-14-7-6-12(8-15)9-16-14/h3-7,9H,8H2,1-2H3. The van der Waals surface area contributed by atoms with Crippen molar-refractivity contribution in [2.24, 2.45) is 0 Å². The first-order chi connectivity index (χ1) is 8.20. The molecule has 0 bridgehead atoms. The first-order valence-corrected chi connectivity index (χ1v) is 6.58. The fraction of sp³-hybridized carbons (Fsp3) is 0.214. The van der Waals surface area contributed by atoms with E-state index in [9.17, 15) is 0 Å². The van der Waals surface area contributed by atoms with Crippen LogP contribution in [0.3, 0.4) is 0 Å². The molecule has 1 aromatic heterocycles. The maximum absolute atomic E-state index is 5.76. The highest BCUT2D eigenvalue weighted by Crippen LogP contribution is 2.25.